The zero-order valence-corrected chi connectivity index (χ0v) is 10.9. The van der Waals surface area contributed by atoms with Gasteiger partial charge in [-0.05, 0) is 18.9 Å². The lowest BCUT2D eigenvalue weighted by atomic mass is 9.86. The monoisotopic (exact) mass is 236 g/mol. The average molecular weight is 236 g/mol. The molecule has 96 valence electrons. The predicted octanol–water partition coefficient (Wildman–Crippen LogP) is 3.30. The molecule has 1 saturated carbocycles. The lowest BCUT2D eigenvalue weighted by Gasteiger charge is -2.19. The molecule has 0 amide bonds. The highest BCUT2D eigenvalue weighted by Gasteiger charge is 2.16. The van der Waals surface area contributed by atoms with Crippen LogP contribution in [0.15, 0.2) is 10.6 Å². The first kappa shape index (κ1) is 12.6. The third kappa shape index (κ3) is 4.15. The van der Waals surface area contributed by atoms with E-state index >= 15 is 0 Å². The summed E-state index contributed by atoms with van der Waals surface area (Å²) in [4.78, 5) is 4.32. The summed E-state index contributed by atoms with van der Waals surface area (Å²) in [6.45, 7) is 3.95. The van der Waals surface area contributed by atoms with Crippen molar-refractivity contribution in [2.75, 3.05) is 6.54 Å². The van der Waals surface area contributed by atoms with Crippen LogP contribution in [0.25, 0.3) is 0 Å². The van der Waals surface area contributed by atoms with Crippen LogP contribution in [0.2, 0.25) is 0 Å². The van der Waals surface area contributed by atoms with Gasteiger partial charge in [-0.25, -0.2) is 4.98 Å². The van der Waals surface area contributed by atoms with Gasteiger partial charge in [0.05, 0.1) is 12.7 Å². The molecule has 0 aromatic carbocycles. The minimum absolute atomic E-state index is 0.762. The molecule has 0 radical (unpaired) electrons. The first-order chi connectivity index (χ1) is 8.38. The average Bonchev–Trinajstić information content (AvgIpc) is 2.79. The molecule has 1 N–H and O–H groups in total. The fraction of sp³-hybridized carbons (Fsp3) is 0.786. The van der Waals surface area contributed by atoms with Crippen molar-refractivity contribution in [1.82, 2.24) is 10.3 Å². The van der Waals surface area contributed by atoms with Crippen molar-refractivity contribution >= 4 is 0 Å². The first-order valence-corrected chi connectivity index (χ1v) is 7.02. The summed E-state index contributed by atoms with van der Waals surface area (Å²) in [6.07, 6.45) is 11.1. The van der Waals surface area contributed by atoms with E-state index in [1.54, 1.807) is 0 Å². The van der Waals surface area contributed by atoms with Gasteiger partial charge in [-0.3, -0.25) is 0 Å². The SMILES string of the molecule is CCCNCc1ncc(CC2CCCCC2)o1. The molecule has 1 aliphatic carbocycles. The fourth-order valence-corrected chi connectivity index (χ4v) is 2.57. The van der Waals surface area contributed by atoms with Gasteiger partial charge in [0.25, 0.3) is 0 Å². The summed E-state index contributed by atoms with van der Waals surface area (Å²) >= 11 is 0. The van der Waals surface area contributed by atoms with Crippen LogP contribution in [-0.4, -0.2) is 11.5 Å². The van der Waals surface area contributed by atoms with Gasteiger partial charge in [-0.2, -0.15) is 0 Å². The molecule has 17 heavy (non-hydrogen) atoms. The summed E-state index contributed by atoms with van der Waals surface area (Å²) in [5.74, 6) is 2.74. The van der Waals surface area contributed by atoms with Gasteiger partial charge in [0, 0.05) is 6.42 Å². The predicted molar refractivity (Wildman–Crippen MR) is 68.8 cm³/mol. The summed E-state index contributed by atoms with van der Waals surface area (Å²) in [7, 11) is 0. The molecule has 2 rings (SSSR count). The molecule has 1 aromatic heterocycles. The second-order valence-electron chi connectivity index (χ2n) is 5.11. The number of hydrogen-bond acceptors (Lipinski definition) is 3. The van der Waals surface area contributed by atoms with Crippen LogP contribution < -0.4 is 5.32 Å². The van der Waals surface area contributed by atoms with E-state index in [4.69, 9.17) is 4.42 Å². The third-order valence-electron chi connectivity index (χ3n) is 3.52. The number of rotatable bonds is 6. The van der Waals surface area contributed by atoms with Crippen molar-refractivity contribution in [3.8, 4) is 0 Å². The number of aromatic nitrogens is 1. The van der Waals surface area contributed by atoms with Crippen LogP contribution in [0.3, 0.4) is 0 Å². The molecule has 0 spiro atoms. The second-order valence-corrected chi connectivity index (χ2v) is 5.11. The molecule has 0 unspecified atom stereocenters. The molecule has 1 heterocycles. The Morgan fingerprint density at radius 1 is 1.35 bits per heavy atom. The highest BCUT2D eigenvalue weighted by Crippen LogP contribution is 2.26. The van der Waals surface area contributed by atoms with Crippen LogP contribution in [-0.2, 0) is 13.0 Å². The summed E-state index contributed by atoms with van der Waals surface area (Å²) < 4.78 is 5.76. The number of nitrogens with one attached hydrogen (secondary N) is 1. The maximum atomic E-state index is 5.76. The molecule has 1 aliphatic rings. The van der Waals surface area contributed by atoms with Crippen molar-refractivity contribution in [3.05, 3.63) is 17.8 Å². The van der Waals surface area contributed by atoms with Crippen molar-refractivity contribution < 1.29 is 4.42 Å². The molecule has 0 bridgehead atoms. The molecular weight excluding hydrogens is 212 g/mol. The Morgan fingerprint density at radius 2 is 2.18 bits per heavy atom. The lowest BCUT2D eigenvalue weighted by Crippen LogP contribution is -2.13. The normalized spacial score (nSPS) is 17.5. The molecular formula is C14H24N2O. The van der Waals surface area contributed by atoms with Crippen LogP contribution in [0.1, 0.15) is 57.1 Å². The summed E-state index contributed by atoms with van der Waals surface area (Å²) in [6, 6.07) is 0. The Balaban J connectivity index is 1.76. The molecule has 3 nitrogen and oxygen atoms in total. The first-order valence-electron chi connectivity index (χ1n) is 7.02. The minimum atomic E-state index is 0.762. The smallest absolute Gasteiger partial charge is 0.208 e. The zero-order valence-electron chi connectivity index (χ0n) is 10.9. The van der Waals surface area contributed by atoms with Gasteiger partial charge in [0.15, 0.2) is 0 Å². The molecule has 0 saturated heterocycles. The number of nitrogens with zero attached hydrogens (tertiary/aromatic N) is 1. The zero-order chi connectivity index (χ0) is 11.9. The van der Waals surface area contributed by atoms with Gasteiger partial charge >= 0.3 is 0 Å². The quantitative estimate of drug-likeness (QED) is 0.770. The van der Waals surface area contributed by atoms with Gasteiger partial charge in [-0.1, -0.05) is 39.0 Å². The van der Waals surface area contributed by atoms with Crippen molar-refractivity contribution in [2.45, 2.75) is 58.4 Å². The van der Waals surface area contributed by atoms with Crippen LogP contribution in [0, 0.1) is 5.92 Å². The second kappa shape index (κ2) is 6.80. The highest BCUT2D eigenvalue weighted by molar-refractivity contribution is 4.96. The van der Waals surface area contributed by atoms with E-state index < -0.39 is 0 Å². The Bertz CT molecular complexity index is 316. The third-order valence-corrected chi connectivity index (χ3v) is 3.52. The van der Waals surface area contributed by atoms with Gasteiger partial charge < -0.3 is 9.73 Å². The Kier molecular flexibility index (Phi) is 5.05. The molecule has 3 heteroatoms. The van der Waals surface area contributed by atoms with Crippen molar-refractivity contribution in [1.29, 1.82) is 0 Å². The number of hydrogen-bond donors (Lipinski definition) is 1. The van der Waals surface area contributed by atoms with Crippen molar-refractivity contribution in [3.63, 3.8) is 0 Å². The van der Waals surface area contributed by atoms with E-state index in [1.807, 2.05) is 6.20 Å². The molecule has 0 atom stereocenters. The van der Waals surface area contributed by atoms with Gasteiger partial charge in [-0.15, -0.1) is 0 Å². The Morgan fingerprint density at radius 3 is 2.94 bits per heavy atom. The fourth-order valence-electron chi connectivity index (χ4n) is 2.57. The van der Waals surface area contributed by atoms with Gasteiger partial charge in [0.2, 0.25) is 5.89 Å². The van der Waals surface area contributed by atoms with E-state index in [0.717, 1.165) is 43.5 Å². The number of oxazole rings is 1. The maximum absolute atomic E-state index is 5.76. The molecule has 1 aromatic rings. The molecule has 1 fully saturated rings. The van der Waals surface area contributed by atoms with Crippen LogP contribution >= 0.6 is 0 Å². The van der Waals surface area contributed by atoms with E-state index in [-0.39, 0.29) is 0 Å². The lowest BCUT2D eigenvalue weighted by molar-refractivity contribution is 0.327. The largest absolute Gasteiger partial charge is 0.444 e. The van der Waals surface area contributed by atoms with Crippen LogP contribution in [0.5, 0.6) is 0 Å². The molecule has 0 aliphatic heterocycles. The van der Waals surface area contributed by atoms with Crippen molar-refractivity contribution in [2.24, 2.45) is 5.92 Å². The minimum Gasteiger partial charge on any atom is -0.444 e. The maximum Gasteiger partial charge on any atom is 0.208 e. The summed E-state index contributed by atoms with van der Waals surface area (Å²) in [5.41, 5.74) is 0. The Hall–Kier alpha value is -0.830. The standard InChI is InChI=1S/C14H24N2O/c1-2-8-15-11-14-16-10-13(17-14)9-12-6-4-3-5-7-12/h10,12,15H,2-9,11H2,1H3. The highest BCUT2D eigenvalue weighted by atomic mass is 16.4. The summed E-state index contributed by atoms with van der Waals surface area (Å²) in [5, 5.41) is 3.31. The van der Waals surface area contributed by atoms with Gasteiger partial charge in [0.1, 0.15) is 5.76 Å². The van der Waals surface area contributed by atoms with E-state index in [0.29, 0.717) is 0 Å². The van der Waals surface area contributed by atoms with E-state index in [2.05, 4.69) is 17.2 Å². The van der Waals surface area contributed by atoms with E-state index in [1.165, 1.54) is 32.1 Å². The van der Waals surface area contributed by atoms with Crippen LogP contribution in [0.4, 0.5) is 0 Å². The van der Waals surface area contributed by atoms with E-state index in [9.17, 15) is 0 Å². The Labute approximate surface area is 104 Å². The topological polar surface area (TPSA) is 38.1 Å².